The fourth-order valence-electron chi connectivity index (χ4n) is 3.13. The van der Waals surface area contributed by atoms with Gasteiger partial charge in [0.15, 0.2) is 0 Å². The third-order valence-electron chi connectivity index (χ3n) is 4.40. The van der Waals surface area contributed by atoms with Crippen molar-refractivity contribution in [3.05, 3.63) is 65.8 Å². The molecule has 0 amide bonds. The van der Waals surface area contributed by atoms with Crippen molar-refractivity contribution in [1.82, 2.24) is 39.4 Å². The second-order valence-corrected chi connectivity index (χ2v) is 6.38. The first-order chi connectivity index (χ1) is 13.7. The van der Waals surface area contributed by atoms with Crippen LogP contribution in [0.15, 0.2) is 60.2 Å². The highest BCUT2D eigenvalue weighted by atomic mass is 16.1. The van der Waals surface area contributed by atoms with Crippen LogP contribution in [0, 0.1) is 0 Å². The summed E-state index contributed by atoms with van der Waals surface area (Å²) in [4.78, 5) is 20.0. The first-order valence-corrected chi connectivity index (χ1v) is 8.70. The number of hydrogen-bond acceptors (Lipinski definition) is 6. The number of aromatic nitrogens is 7. The van der Waals surface area contributed by atoms with Crippen LogP contribution in [0.2, 0.25) is 0 Å². The van der Waals surface area contributed by atoms with Gasteiger partial charge in [0.1, 0.15) is 5.52 Å². The number of rotatable bonds is 4. The zero-order valence-electron chi connectivity index (χ0n) is 15.0. The van der Waals surface area contributed by atoms with Crippen molar-refractivity contribution in [2.24, 2.45) is 7.05 Å². The maximum absolute atomic E-state index is 12.7. The van der Waals surface area contributed by atoms with E-state index in [4.69, 9.17) is 0 Å². The van der Waals surface area contributed by atoms with Crippen molar-refractivity contribution in [3.63, 3.8) is 0 Å². The van der Waals surface area contributed by atoms with Gasteiger partial charge in [0.2, 0.25) is 5.95 Å². The van der Waals surface area contributed by atoms with Crippen molar-refractivity contribution in [2.45, 2.75) is 0 Å². The van der Waals surface area contributed by atoms with Gasteiger partial charge in [-0.15, -0.1) is 0 Å². The molecule has 10 nitrogen and oxygen atoms in total. The largest absolute Gasteiger partial charge is 0.386 e. The van der Waals surface area contributed by atoms with Gasteiger partial charge >= 0.3 is 0 Å². The quantitative estimate of drug-likeness (QED) is 0.497. The Morgan fingerprint density at radius 3 is 2.93 bits per heavy atom. The number of fused-ring (bicyclic) bond motifs is 1. The highest BCUT2D eigenvalue weighted by Gasteiger charge is 2.12. The summed E-state index contributed by atoms with van der Waals surface area (Å²) < 4.78 is 5.19. The Kier molecular flexibility index (Phi) is 3.61. The van der Waals surface area contributed by atoms with Crippen LogP contribution < -0.4 is 16.2 Å². The molecule has 4 aromatic rings. The molecule has 5 heterocycles. The van der Waals surface area contributed by atoms with E-state index in [0.29, 0.717) is 22.7 Å². The van der Waals surface area contributed by atoms with Gasteiger partial charge in [-0.3, -0.25) is 14.5 Å². The molecule has 0 bridgehead atoms. The molecule has 0 fully saturated rings. The van der Waals surface area contributed by atoms with Gasteiger partial charge in [0.05, 0.1) is 41.2 Å². The number of hydrogen-bond donors (Lipinski definition) is 3. The highest BCUT2D eigenvalue weighted by molar-refractivity contribution is 5.78. The predicted molar refractivity (Wildman–Crippen MR) is 105 cm³/mol. The van der Waals surface area contributed by atoms with E-state index in [-0.39, 0.29) is 5.56 Å². The van der Waals surface area contributed by atoms with E-state index in [1.54, 1.807) is 38.6 Å². The summed E-state index contributed by atoms with van der Waals surface area (Å²) in [6.07, 6.45) is 14.7. The number of H-pyrrole nitrogens is 1. The van der Waals surface area contributed by atoms with Crippen LogP contribution in [-0.4, -0.2) is 40.6 Å². The lowest BCUT2D eigenvalue weighted by Gasteiger charge is -2.08. The first-order valence-electron chi connectivity index (χ1n) is 8.70. The van der Waals surface area contributed by atoms with E-state index < -0.39 is 0 Å². The smallest absolute Gasteiger partial charge is 0.277 e. The summed E-state index contributed by atoms with van der Waals surface area (Å²) in [6, 6.07) is 1.80. The third kappa shape index (κ3) is 2.76. The van der Waals surface area contributed by atoms with Crippen LogP contribution >= 0.6 is 0 Å². The fourth-order valence-corrected chi connectivity index (χ4v) is 3.13. The number of aryl methyl sites for hydroxylation is 1. The summed E-state index contributed by atoms with van der Waals surface area (Å²) in [7, 11) is 1.83. The number of aromatic amines is 1. The van der Waals surface area contributed by atoms with Crippen molar-refractivity contribution >= 4 is 28.4 Å². The van der Waals surface area contributed by atoms with E-state index in [1.807, 2.05) is 37.8 Å². The van der Waals surface area contributed by atoms with Crippen molar-refractivity contribution in [3.8, 4) is 5.69 Å². The lowest BCUT2D eigenvalue weighted by atomic mass is 10.3. The molecule has 1 aliphatic rings. The van der Waals surface area contributed by atoms with E-state index in [0.717, 1.165) is 17.9 Å². The van der Waals surface area contributed by atoms with E-state index in [1.165, 1.54) is 0 Å². The van der Waals surface area contributed by atoms with Gasteiger partial charge in [0, 0.05) is 32.2 Å². The molecule has 0 saturated carbocycles. The molecule has 0 saturated heterocycles. The third-order valence-corrected chi connectivity index (χ3v) is 4.40. The maximum atomic E-state index is 12.7. The number of dihydropyridines is 1. The molecule has 5 rings (SSSR count). The Labute approximate surface area is 158 Å². The molecule has 0 aliphatic carbocycles. The molecule has 0 spiro atoms. The van der Waals surface area contributed by atoms with E-state index >= 15 is 0 Å². The van der Waals surface area contributed by atoms with Crippen molar-refractivity contribution in [2.75, 3.05) is 11.9 Å². The minimum atomic E-state index is -0.240. The number of allylic oxidation sites excluding steroid dienone is 2. The summed E-state index contributed by atoms with van der Waals surface area (Å²) in [5, 5.41) is 14.7. The van der Waals surface area contributed by atoms with Crippen LogP contribution in [0.1, 0.15) is 0 Å². The van der Waals surface area contributed by atoms with Gasteiger partial charge in [-0.05, 0) is 12.1 Å². The molecule has 140 valence electrons. The van der Waals surface area contributed by atoms with Crippen LogP contribution in [0.4, 0.5) is 11.6 Å². The minimum Gasteiger partial charge on any atom is -0.386 e. The average molecular weight is 375 g/mol. The highest BCUT2D eigenvalue weighted by Crippen LogP contribution is 2.19. The molecular formula is C18H17N9O. The zero-order chi connectivity index (χ0) is 19.1. The monoisotopic (exact) mass is 375 g/mol. The minimum absolute atomic E-state index is 0.240. The molecule has 28 heavy (non-hydrogen) atoms. The molecule has 1 aliphatic heterocycles. The van der Waals surface area contributed by atoms with E-state index in [9.17, 15) is 4.79 Å². The van der Waals surface area contributed by atoms with Gasteiger partial charge in [-0.25, -0.2) is 9.67 Å². The second-order valence-electron chi connectivity index (χ2n) is 6.38. The SMILES string of the molecule is Cn1cc(-n2ccc3nc(Nc4cnn(C5=CNCC=C5)c4)[nH]c(=O)c32)cn1. The lowest BCUT2D eigenvalue weighted by Crippen LogP contribution is -2.13. The van der Waals surface area contributed by atoms with Crippen LogP contribution in [0.3, 0.4) is 0 Å². The van der Waals surface area contributed by atoms with Crippen molar-refractivity contribution in [1.29, 1.82) is 0 Å². The molecule has 0 aromatic carbocycles. The second kappa shape index (κ2) is 6.27. The molecule has 0 atom stereocenters. The number of nitrogens with zero attached hydrogens (tertiary/aromatic N) is 6. The first kappa shape index (κ1) is 16.1. The van der Waals surface area contributed by atoms with E-state index in [2.05, 4.69) is 30.8 Å². The molecule has 3 N–H and O–H groups in total. The fraction of sp³-hybridized carbons (Fsp3) is 0.111. The van der Waals surface area contributed by atoms with Crippen molar-refractivity contribution < 1.29 is 0 Å². The standard InChI is InChI=1S/C18H17N9O/c1-25-11-14(9-20-25)26-6-4-15-16(26)17(28)24-18(23-15)22-12-7-21-27(10-12)13-3-2-5-19-8-13/h2-4,6-11,19H,5H2,1H3,(H2,22,23,24,28). The Bertz CT molecular complexity index is 1280. The predicted octanol–water partition coefficient (Wildman–Crippen LogP) is 1.35. The molecule has 0 radical (unpaired) electrons. The Morgan fingerprint density at radius 1 is 1.21 bits per heavy atom. The summed E-state index contributed by atoms with van der Waals surface area (Å²) in [5.41, 5.74) is 3.26. The van der Waals surface area contributed by atoms with Gasteiger partial charge in [-0.1, -0.05) is 6.08 Å². The number of anilines is 2. The summed E-state index contributed by atoms with van der Waals surface area (Å²) >= 11 is 0. The number of nitrogens with one attached hydrogen (secondary N) is 3. The van der Waals surface area contributed by atoms with Crippen LogP contribution in [0.25, 0.3) is 22.4 Å². The Balaban J connectivity index is 1.46. The molecule has 10 heteroatoms. The topological polar surface area (TPSA) is 110 Å². The van der Waals surface area contributed by atoms with Crippen LogP contribution in [-0.2, 0) is 7.05 Å². The van der Waals surface area contributed by atoms with Crippen LogP contribution in [0.5, 0.6) is 0 Å². The lowest BCUT2D eigenvalue weighted by molar-refractivity contribution is 0.767. The zero-order valence-corrected chi connectivity index (χ0v) is 15.0. The molecular weight excluding hydrogens is 358 g/mol. The average Bonchev–Trinajstić information content (AvgIpc) is 3.42. The molecule has 0 unspecified atom stereocenters. The maximum Gasteiger partial charge on any atom is 0.277 e. The summed E-state index contributed by atoms with van der Waals surface area (Å²) in [5.74, 6) is 0.354. The van der Waals surface area contributed by atoms with Gasteiger partial charge in [-0.2, -0.15) is 10.2 Å². The Morgan fingerprint density at radius 2 is 2.14 bits per heavy atom. The Hall–Kier alpha value is -4.08. The normalized spacial score (nSPS) is 13.5. The van der Waals surface area contributed by atoms with Gasteiger partial charge in [0.25, 0.3) is 5.56 Å². The van der Waals surface area contributed by atoms with Gasteiger partial charge < -0.3 is 15.2 Å². The molecule has 4 aromatic heterocycles. The summed E-state index contributed by atoms with van der Waals surface area (Å²) in [6.45, 7) is 0.805.